The number of aromatic hydroxyl groups is 1. The SMILES string of the molecule is CCCCC(CC)CNc1ccc(N)c(O)c1. The Kier molecular flexibility index (Phi) is 5.67. The van der Waals surface area contributed by atoms with Crippen LogP contribution in [0.1, 0.15) is 39.5 Å². The predicted octanol–water partition coefficient (Wildman–Crippen LogP) is 3.60. The van der Waals surface area contributed by atoms with Gasteiger partial charge in [0.1, 0.15) is 5.75 Å². The smallest absolute Gasteiger partial charge is 0.140 e. The highest BCUT2D eigenvalue weighted by Crippen LogP contribution is 2.24. The number of unbranched alkanes of at least 4 members (excludes halogenated alkanes) is 1. The lowest BCUT2D eigenvalue weighted by atomic mass is 9.99. The molecule has 0 amide bonds. The zero-order valence-corrected chi connectivity index (χ0v) is 10.9. The van der Waals surface area contributed by atoms with Crippen molar-refractivity contribution in [3.8, 4) is 5.75 Å². The zero-order chi connectivity index (χ0) is 12.7. The Bertz CT molecular complexity index is 339. The van der Waals surface area contributed by atoms with Gasteiger partial charge in [-0.05, 0) is 24.5 Å². The van der Waals surface area contributed by atoms with Crippen molar-refractivity contribution in [3.05, 3.63) is 18.2 Å². The number of nitrogen functional groups attached to an aromatic ring is 1. The van der Waals surface area contributed by atoms with Crippen molar-refractivity contribution in [2.24, 2.45) is 5.92 Å². The molecule has 1 aromatic carbocycles. The van der Waals surface area contributed by atoms with Crippen molar-refractivity contribution in [3.63, 3.8) is 0 Å². The molecule has 0 bridgehead atoms. The molecule has 1 atom stereocenters. The molecule has 1 rings (SSSR count). The summed E-state index contributed by atoms with van der Waals surface area (Å²) >= 11 is 0. The highest BCUT2D eigenvalue weighted by molar-refractivity contribution is 5.60. The van der Waals surface area contributed by atoms with E-state index in [1.165, 1.54) is 25.7 Å². The Morgan fingerprint density at radius 2 is 2.12 bits per heavy atom. The van der Waals surface area contributed by atoms with Crippen molar-refractivity contribution < 1.29 is 5.11 Å². The quantitative estimate of drug-likeness (QED) is 0.501. The standard InChI is InChI=1S/C14H24N2O/c1-3-5-6-11(4-2)10-16-12-7-8-13(15)14(17)9-12/h7-9,11,16-17H,3-6,10,15H2,1-2H3. The summed E-state index contributed by atoms with van der Waals surface area (Å²) < 4.78 is 0. The van der Waals surface area contributed by atoms with Crippen molar-refractivity contribution in [2.45, 2.75) is 39.5 Å². The van der Waals surface area contributed by atoms with E-state index in [0.717, 1.165) is 12.2 Å². The molecule has 0 aromatic heterocycles. The summed E-state index contributed by atoms with van der Waals surface area (Å²) in [5.41, 5.74) is 6.92. The van der Waals surface area contributed by atoms with Gasteiger partial charge >= 0.3 is 0 Å². The minimum absolute atomic E-state index is 0.150. The number of hydrogen-bond donors (Lipinski definition) is 3. The fourth-order valence-electron chi connectivity index (χ4n) is 1.86. The molecule has 96 valence electrons. The van der Waals surface area contributed by atoms with Crippen LogP contribution in [0.25, 0.3) is 0 Å². The maximum absolute atomic E-state index is 9.50. The van der Waals surface area contributed by atoms with E-state index >= 15 is 0 Å². The van der Waals surface area contributed by atoms with E-state index in [-0.39, 0.29) is 5.75 Å². The normalized spacial score (nSPS) is 12.4. The van der Waals surface area contributed by atoms with Crippen LogP contribution >= 0.6 is 0 Å². The number of benzene rings is 1. The Labute approximate surface area is 104 Å². The summed E-state index contributed by atoms with van der Waals surface area (Å²) in [7, 11) is 0. The van der Waals surface area contributed by atoms with Gasteiger partial charge in [-0.2, -0.15) is 0 Å². The van der Waals surface area contributed by atoms with Crippen molar-refractivity contribution >= 4 is 11.4 Å². The highest BCUT2D eigenvalue weighted by atomic mass is 16.3. The maximum atomic E-state index is 9.50. The largest absolute Gasteiger partial charge is 0.506 e. The van der Waals surface area contributed by atoms with Crippen LogP contribution in [0.15, 0.2) is 18.2 Å². The van der Waals surface area contributed by atoms with Crippen LogP contribution in [0, 0.1) is 5.92 Å². The van der Waals surface area contributed by atoms with Gasteiger partial charge < -0.3 is 16.2 Å². The van der Waals surface area contributed by atoms with Gasteiger partial charge in [-0.15, -0.1) is 0 Å². The second-order valence-electron chi connectivity index (χ2n) is 4.57. The van der Waals surface area contributed by atoms with Crippen LogP contribution in [0.5, 0.6) is 5.75 Å². The van der Waals surface area contributed by atoms with Crippen molar-refractivity contribution in [1.82, 2.24) is 0 Å². The monoisotopic (exact) mass is 236 g/mol. The second kappa shape index (κ2) is 7.05. The molecule has 1 aromatic rings. The molecule has 0 saturated heterocycles. The minimum Gasteiger partial charge on any atom is -0.506 e. The number of nitrogens with two attached hydrogens (primary N) is 1. The Balaban J connectivity index is 2.45. The molecule has 0 aliphatic rings. The third-order valence-electron chi connectivity index (χ3n) is 3.17. The summed E-state index contributed by atoms with van der Waals surface area (Å²) in [6.45, 7) is 5.40. The molecule has 17 heavy (non-hydrogen) atoms. The molecule has 4 N–H and O–H groups in total. The molecule has 0 heterocycles. The first-order valence-corrected chi connectivity index (χ1v) is 6.49. The third kappa shape index (κ3) is 4.55. The molecular formula is C14H24N2O. The summed E-state index contributed by atoms with van der Waals surface area (Å²) in [4.78, 5) is 0. The lowest BCUT2D eigenvalue weighted by Crippen LogP contribution is -2.13. The zero-order valence-electron chi connectivity index (χ0n) is 10.9. The molecule has 0 saturated carbocycles. The van der Waals surface area contributed by atoms with Gasteiger partial charge in [0.05, 0.1) is 5.69 Å². The average Bonchev–Trinajstić information content (AvgIpc) is 2.34. The number of nitrogens with one attached hydrogen (secondary N) is 1. The van der Waals surface area contributed by atoms with Crippen molar-refractivity contribution in [2.75, 3.05) is 17.6 Å². The minimum atomic E-state index is 0.150. The average molecular weight is 236 g/mol. The molecule has 0 aliphatic carbocycles. The van der Waals surface area contributed by atoms with Gasteiger partial charge in [0.25, 0.3) is 0 Å². The van der Waals surface area contributed by atoms with Gasteiger partial charge in [0, 0.05) is 18.3 Å². The lowest BCUT2D eigenvalue weighted by Gasteiger charge is -2.16. The molecule has 1 unspecified atom stereocenters. The first-order valence-electron chi connectivity index (χ1n) is 6.49. The summed E-state index contributed by atoms with van der Waals surface area (Å²) in [6.07, 6.45) is 4.99. The first kappa shape index (κ1) is 13.7. The fourth-order valence-corrected chi connectivity index (χ4v) is 1.86. The molecule has 0 aliphatic heterocycles. The topological polar surface area (TPSA) is 58.3 Å². The van der Waals surface area contributed by atoms with Crippen LogP contribution in [0.2, 0.25) is 0 Å². The van der Waals surface area contributed by atoms with Gasteiger partial charge in [-0.1, -0.05) is 33.1 Å². The molecule has 0 fully saturated rings. The van der Waals surface area contributed by atoms with E-state index < -0.39 is 0 Å². The van der Waals surface area contributed by atoms with E-state index in [2.05, 4.69) is 19.2 Å². The fraction of sp³-hybridized carbons (Fsp3) is 0.571. The predicted molar refractivity (Wildman–Crippen MR) is 74.3 cm³/mol. The van der Waals surface area contributed by atoms with Crippen molar-refractivity contribution in [1.29, 1.82) is 0 Å². The number of rotatable bonds is 7. The van der Waals surface area contributed by atoms with E-state index in [1.807, 2.05) is 6.07 Å². The summed E-state index contributed by atoms with van der Waals surface area (Å²) in [5, 5.41) is 12.9. The number of anilines is 2. The molecular weight excluding hydrogens is 212 g/mol. The Morgan fingerprint density at radius 1 is 1.35 bits per heavy atom. The second-order valence-corrected chi connectivity index (χ2v) is 4.57. The van der Waals surface area contributed by atoms with Crippen LogP contribution in [0.4, 0.5) is 11.4 Å². The van der Waals surface area contributed by atoms with E-state index in [9.17, 15) is 5.11 Å². The van der Waals surface area contributed by atoms with E-state index in [1.54, 1.807) is 12.1 Å². The first-order chi connectivity index (χ1) is 8.17. The Morgan fingerprint density at radius 3 is 2.71 bits per heavy atom. The summed E-state index contributed by atoms with van der Waals surface area (Å²) in [6, 6.07) is 5.31. The molecule has 0 spiro atoms. The van der Waals surface area contributed by atoms with Crippen LogP contribution in [-0.4, -0.2) is 11.7 Å². The lowest BCUT2D eigenvalue weighted by molar-refractivity contribution is 0.471. The summed E-state index contributed by atoms with van der Waals surface area (Å²) in [5.74, 6) is 0.853. The van der Waals surface area contributed by atoms with Gasteiger partial charge in [0.2, 0.25) is 0 Å². The third-order valence-corrected chi connectivity index (χ3v) is 3.17. The maximum Gasteiger partial charge on any atom is 0.140 e. The van der Waals surface area contributed by atoms with Gasteiger partial charge in [-0.25, -0.2) is 0 Å². The number of phenolic OH excluding ortho intramolecular Hbond substituents is 1. The van der Waals surface area contributed by atoms with Gasteiger partial charge in [-0.3, -0.25) is 0 Å². The number of phenols is 1. The number of hydrogen-bond acceptors (Lipinski definition) is 3. The molecule has 3 heteroatoms. The Hall–Kier alpha value is -1.38. The van der Waals surface area contributed by atoms with E-state index in [4.69, 9.17) is 5.73 Å². The van der Waals surface area contributed by atoms with Crippen LogP contribution in [0.3, 0.4) is 0 Å². The van der Waals surface area contributed by atoms with Gasteiger partial charge in [0.15, 0.2) is 0 Å². The van der Waals surface area contributed by atoms with Crippen LogP contribution < -0.4 is 11.1 Å². The highest BCUT2D eigenvalue weighted by Gasteiger charge is 2.06. The molecule has 3 nitrogen and oxygen atoms in total. The molecule has 0 radical (unpaired) electrons. The van der Waals surface area contributed by atoms with Crippen LogP contribution in [-0.2, 0) is 0 Å². The van der Waals surface area contributed by atoms with E-state index in [0.29, 0.717) is 11.6 Å².